The molecule has 1 fully saturated rings. The van der Waals surface area contributed by atoms with Crippen LogP contribution in [0.5, 0.6) is 0 Å². The predicted octanol–water partition coefficient (Wildman–Crippen LogP) is 4.91. The second-order valence-corrected chi connectivity index (χ2v) is 8.12. The Morgan fingerprint density at radius 2 is 2.24 bits per heavy atom. The molecular weight excluding hydrogens is 398 g/mol. The first-order chi connectivity index (χ1) is 12.2. The maximum absolute atomic E-state index is 12.7. The van der Waals surface area contributed by atoms with E-state index in [0.29, 0.717) is 6.54 Å². The Morgan fingerprint density at radius 1 is 1.32 bits per heavy atom. The molecule has 1 N–H and O–H groups in total. The first-order valence-corrected chi connectivity index (χ1v) is 10.0. The van der Waals surface area contributed by atoms with Crippen molar-refractivity contribution in [2.45, 2.75) is 12.8 Å². The summed E-state index contributed by atoms with van der Waals surface area (Å²) in [4.78, 5) is 19.5. The largest absolute Gasteiger partial charge is 0.355 e. The highest BCUT2D eigenvalue weighted by Crippen LogP contribution is 2.31. The molecule has 0 radical (unpaired) electrons. The van der Waals surface area contributed by atoms with Crippen LogP contribution in [0, 0.1) is 5.92 Å². The van der Waals surface area contributed by atoms with Crippen molar-refractivity contribution in [3.63, 3.8) is 0 Å². The predicted molar refractivity (Wildman–Crippen MR) is 107 cm³/mol. The number of hydrogen-bond acceptors (Lipinski definition) is 4. The topological polar surface area (TPSA) is 45.2 Å². The zero-order valence-corrected chi connectivity index (χ0v) is 16.0. The Bertz CT molecular complexity index is 910. The van der Waals surface area contributed by atoms with E-state index in [0.717, 1.165) is 35.4 Å². The van der Waals surface area contributed by atoms with Gasteiger partial charge in [-0.1, -0.05) is 22.0 Å². The van der Waals surface area contributed by atoms with Crippen LogP contribution in [-0.2, 0) is 4.79 Å². The highest BCUT2D eigenvalue weighted by Gasteiger charge is 2.27. The number of amides is 1. The van der Waals surface area contributed by atoms with Crippen molar-refractivity contribution in [1.82, 2.24) is 4.98 Å². The van der Waals surface area contributed by atoms with Gasteiger partial charge in [-0.2, -0.15) is 0 Å². The smallest absolute Gasteiger partial charge is 0.229 e. The number of carbonyl (C=O) groups excluding carboxylic acids is 1. The zero-order valence-electron chi connectivity index (χ0n) is 13.6. The summed E-state index contributed by atoms with van der Waals surface area (Å²) in [6, 6.07) is 11.9. The number of nitrogens with one attached hydrogen (secondary N) is 1. The van der Waals surface area contributed by atoms with Gasteiger partial charge in [0.1, 0.15) is 5.82 Å². The first kappa shape index (κ1) is 16.5. The van der Waals surface area contributed by atoms with E-state index in [4.69, 9.17) is 0 Å². The summed E-state index contributed by atoms with van der Waals surface area (Å²) in [6.45, 7) is 1.66. The highest BCUT2D eigenvalue weighted by molar-refractivity contribution is 9.10. The van der Waals surface area contributed by atoms with Crippen molar-refractivity contribution >= 4 is 54.8 Å². The number of anilines is 2. The number of nitrogens with zero attached hydrogens (tertiary/aromatic N) is 2. The minimum absolute atomic E-state index is 0.0246. The summed E-state index contributed by atoms with van der Waals surface area (Å²) in [5.41, 5.74) is 0.828. The number of benzene rings is 1. The van der Waals surface area contributed by atoms with Gasteiger partial charge in [-0.15, -0.1) is 11.3 Å². The van der Waals surface area contributed by atoms with E-state index >= 15 is 0 Å². The number of rotatable bonds is 3. The third-order valence-electron chi connectivity index (χ3n) is 4.54. The minimum Gasteiger partial charge on any atom is -0.355 e. The Morgan fingerprint density at radius 3 is 3.12 bits per heavy atom. The Kier molecular flexibility index (Phi) is 4.72. The van der Waals surface area contributed by atoms with Gasteiger partial charge >= 0.3 is 0 Å². The lowest BCUT2D eigenvalue weighted by atomic mass is 9.96. The second kappa shape index (κ2) is 7.14. The molecule has 3 heterocycles. The van der Waals surface area contributed by atoms with Crippen molar-refractivity contribution in [2.75, 3.05) is 23.3 Å². The lowest BCUT2D eigenvalue weighted by Crippen LogP contribution is -2.41. The van der Waals surface area contributed by atoms with Gasteiger partial charge in [-0.25, -0.2) is 4.98 Å². The molecule has 1 saturated heterocycles. The third-order valence-corrected chi connectivity index (χ3v) is 5.92. The van der Waals surface area contributed by atoms with Gasteiger partial charge in [0.25, 0.3) is 0 Å². The number of halogens is 1. The standard InChI is InChI=1S/C19H18BrN3OS/c20-14-4-1-5-15(11-14)22-19(24)13-3-2-9-23(12-13)18-16-7-10-25-17(16)6-8-21-18/h1,4-8,10-11,13H,2-3,9,12H2,(H,22,24). The monoisotopic (exact) mass is 415 g/mol. The molecule has 1 amide bonds. The molecule has 1 aliphatic rings. The van der Waals surface area contributed by atoms with Crippen LogP contribution >= 0.6 is 27.3 Å². The van der Waals surface area contributed by atoms with Gasteiger partial charge in [0, 0.05) is 39.5 Å². The average molecular weight is 416 g/mol. The number of hydrogen-bond donors (Lipinski definition) is 1. The number of carbonyl (C=O) groups is 1. The molecule has 0 aliphatic carbocycles. The van der Waals surface area contributed by atoms with Gasteiger partial charge in [-0.05, 0) is 48.6 Å². The van der Waals surface area contributed by atoms with E-state index in [9.17, 15) is 4.79 Å². The van der Waals surface area contributed by atoms with Crippen LogP contribution in [0.3, 0.4) is 0 Å². The van der Waals surface area contributed by atoms with Gasteiger partial charge in [0.2, 0.25) is 5.91 Å². The third kappa shape index (κ3) is 3.55. The van der Waals surface area contributed by atoms with Gasteiger partial charge < -0.3 is 10.2 Å². The number of aromatic nitrogens is 1. The van der Waals surface area contributed by atoms with E-state index in [1.54, 1.807) is 11.3 Å². The van der Waals surface area contributed by atoms with Crippen LogP contribution in [0.1, 0.15) is 12.8 Å². The van der Waals surface area contributed by atoms with Crippen LogP contribution in [0.4, 0.5) is 11.5 Å². The van der Waals surface area contributed by atoms with Crippen molar-refractivity contribution in [3.8, 4) is 0 Å². The number of pyridine rings is 1. The van der Waals surface area contributed by atoms with Crippen molar-refractivity contribution < 1.29 is 4.79 Å². The molecule has 3 aromatic rings. The zero-order chi connectivity index (χ0) is 17.2. The summed E-state index contributed by atoms with van der Waals surface area (Å²) in [5.74, 6) is 1.06. The van der Waals surface area contributed by atoms with Gasteiger partial charge in [0.05, 0.1) is 5.92 Å². The molecule has 0 spiro atoms. The summed E-state index contributed by atoms with van der Waals surface area (Å²) >= 11 is 5.17. The fraction of sp³-hybridized carbons (Fsp3) is 0.263. The average Bonchev–Trinajstić information content (AvgIpc) is 3.10. The SMILES string of the molecule is O=C(Nc1cccc(Br)c1)C1CCCN(c2nccc3sccc23)C1. The molecule has 25 heavy (non-hydrogen) atoms. The van der Waals surface area contributed by atoms with Crippen molar-refractivity contribution in [2.24, 2.45) is 5.92 Å². The van der Waals surface area contributed by atoms with Crippen LogP contribution in [0.2, 0.25) is 0 Å². The van der Waals surface area contributed by atoms with Crippen molar-refractivity contribution in [3.05, 3.63) is 52.4 Å². The van der Waals surface area contributed by atoms with E-state index in [1.807, 2.05) is 36.5 Å². The van der Waals surface area contributed by atoms with E-state index in [2.05, 4.69) is 42.6 Å². The Hall–Kier alpha value is -1.92. The maximum Gasteiger partial charge on any atom is 0.229 e. The fourth-order valence-corrected chi connectivity index (χ4v) is 4.50. The highest BCUT2D eigenvalue weighted by atomic mass is 79.9. The van der Waals surface area contributed by atoms with Crippen LogP contribution in [-0.4, -0.2) is 24.0 Å². The van der Waals surface area contributed by atoms with Crippen LogP contribution in [0.25, 0.3) is 10.1 Å². The molecule has 4 nitrogen and oxygen atoms in total. The molecule has 1 aromatic carbocycles. The lowest BCUT2D eigenvalue weighted by molar-refractivity contribution is -0.120. The molecule has 1 aliphatic heterocycles. The Labute approximate surface area is 159 Å². The number of thiophene rings is 1. The maximum atomic E-state index is 12.7. The van der Waals surface area contributed by atoms with Crippen LogP contribution in [0.15, 0.2) is 52.4 Å². The van der Waals surface area contributed by atoms with Crippen LogP contribution < -0.4 is 10.2 Å². The second-order valence-electron chi connectivity index (χ2n) is 6.25. The van der Waals surface area contributed by atoms with Crippen molar-refractivity contribution in [1.29, 1.82) is 0 Å². The molecule has 4 rings (SSSR count). The van der Waals surface area contributed by atoms with E-state index < -0.39 is 0 Å². The summed E-state index contributed by atoms with van der Waals surface area (Å²) < 4.78 is 2.20. The fourth-order valence-electron chi connectivity index (χ4n) is 3.33. The van der Waals surface area contributed by atoms with Gasteiger partial charge in [-0.3, -0.25) is 4.79 Å². The molecule has 128 valence electrons. The summed E-state index contributed by atoms with van der Waals surface area (Å²) in [6.07, 6.45) is 3.77. The van der Waals surface area contributed by atoms with E-state index in [1.165, 1.54) is 10.1 Å². The quantitative estimate of drug-likeness (QED) is 0.660. The first-order valence-electron chi connectivity index (χ1n) is 8.34. The summed E-state index contributed by atoms with van der Waals surface area (Å²) in [5, 5.41) is 6.32. The molecule has 2 aromatic heterocycles. The molecule has 0 saturated carbocycles. The lowest BCUT2D eigenvalue weighted by Gasteiger charge is -2.33. The molecular formula is C19H18BrN3OS. The minimum atomic E-state index is -0.0246. The van der Waals surface area contributed by atoms with Gasteiger partial charge in [0.15, 0.2) is 0 Å². The number of fused-ring (bicyclic) bond motifs is 1. The Balaban J connectivity index is 1.51. The van der Waals surface area contributed by atoms with E-state index in [-0.39, 0.29) is 11.8 Å². The molecule has 0 bridgehead atoms. The molecule has 6 heteroatoms. The summed E-state index contributed by atoms with van der Waals surface area (Å²) in [7, 11) is 0. The molecule has 1 atom stereocenters. The molecule has 1 unspecified atom stereocenters. The normalized spacial score (nSPS) is 17.6. The number of piperidine rings is 1.